The summed E-state index contributed by atoms with van der Waals surface area (Å²) in [4.78, 5) is 45.4. The van der Waals surface area contributed by atoms with E-state index in [1.807, 2.05) is 32.9 Å². The molecule has 1 aromatic heterocycles. The van der Waals surface area contributed by atoms with Crippen molar-refractivity contribution in [3.8, 4) is 0 Å². The Morgan fingerprint density at radius 1 is 1.19 bits per heavy atom. The number of benzene rings is 1. The second-order valence-electron chi connectivity index (χ2n) is 7.75. The fraction of sp³-hybridized carbons (Fsp3) is 0.455. The van der Waals surface area contributed by atoms with Gasteiger partial charge in [-0.25, -0.2) is 4.98 Å². The Kier molecular flexibility index (Phi) is 7.75. The molecule has 0 bridgehead atoms. The second-order valence-corrected chi connectivity index (χ2v) is 8.61. The molecule has 1 fully saturated rings. The van der Waals surface area contributed by atoms with E-state index in [2.05, 4.69) is 10.3 Å². The number of nitrogens with one attached hydrogen (secondary N) is 1. The number of hydrogen-bond donors (Lipinski definition) is 1. The van der Waals surface area contributed by atoms with Gasteiger partial charge in [0.2, 0.25) is 11.8 Å². The van der Waals surface area contributed by atoms with E-state index in [0.29, 0.717) is 42.7 Å². The number of ether oxygens (including phenoxy) is 1. The number of rotatable bonds is 7. The Balaban J connectivity index is 1.57. The molecule has 2 aromatic rings. The number of carbonyl (C=O) groups is 3. The average molecular weight is 445 g/mol. The molecule has 1 aliphatic heterocycles. The minimum atomic E-state index is -0.324. The third-order valence-electron chi connectivity index (χ3n) is 4.99. The third-order valence-corrected chi connectivity index (χ3v) is 5.80. The van der Waals surface area contributed by atoms with Crippen LogP contribution < -0.4 is 5.32 Å². The van der Waals surface area contributed by atoms with Gasteiger partial charge in [-0.15, -0.1) is 11.3 Å². The molecule has 2 heterocycles. The van der Waals surface area contributed by atoms with E-state index >= 15 is 0 Å². The zero-order valence-electron chi connectivity index (χ0n) is 18.1. The van der Waals surface area contributed by atoms with Gasteiger partial charge in [-0.05, 0) is 32.9 Å². The Morgan fingerprint density at radius 3 is 2.52 bits per heavy atom. The highest BCUT2D eigenvalue weighted by molar-refractivity contribution is 7.13. The molecule has 0 aliphatic carbocycles. The van der Waals surface area contributed by atoms with Gasteiger partial charge < -0.3 is 19.9 Å². The van der Waals surface area contributed by atoms with Crippen LogP contribution in [0.5, 0.6) is 0 Å². The normalized spacial score (nSPS) is 13.9. The van der Waals surface area contributed by atoms with Gasteiger partial charge in [-0.3, -0.25) is 14.4 Å². The van der Waals surface area contributed by atoms with Crippen LogP contribution in [0.2, 0.25) is 0 Å². The van der Waals surface area contributed by atoms with E-state index in [-0.39, 0.29) is 36.7 Å². The average Bonchev–Trinajstić information content (AvgIpc) is 3.19. The summed E-state index contributed by atoms with van der Waals surface area (Å²) >= 11 is 1.27. The van der Waals surface area contributed by atoms with E-state index in [0.717, 1.165) is 5.56 Å². The highest BCUT2D eigenvalue weighted by atomic mass is 32.1. The summed E-state index contributed by atoms with van der Waals surface area (Å²) in [7, 11) is 0. The quantitative estimate of drug-likeness (QED) is 0.708. The van der Waals surface area contributed by atoms with Gasteiger partial charge in [-0.2, -0.15) is 0 Å². The topological polar surface area (TPSA) is 91.8 Å². The maximum absolute atomic E-state index is 12.8. The molecular weight excluding hydrogens is 416 g/mol. The molecular formula is C22H28N4O4S. The molecule has 1 saturated heterocycles. The number of thiazole rings is 1. The summed E-state index contributed by atoms with van der Waals surface area (Å²) in [5.74, 6) is -0.517. The first-order valence-electron chi connectivity index (χ1n) is 10.3. The van der Waals surface area contributed by atoms with E-state index in [1.165, 1.54) is 16.2 Å². The SMILES string of the molecule is Cc1ccc(C(=O)N(CC(=O)Nc2nc(CC(=O)N3CCOCC3)cs2)C(C)C)cc1. The highest BCUT2D eigenvalue weighted by Crippen LogP contribution is 2.17. The van der Waals surface area contributed by atoms with Crippen molar-refractivity contribution >= 4 is 34.2 Å². The molecule has 0 saturated carbocycles. The molecule has 31 heavy (non-hydrogen) atoms. The summed E-state index contributed by atoms with van der Waals surface area (Å²) < 4.78 is 5.26. The maximum atomic E-state index is 12.8. The molecule has 0 atom stereocenters. The molecule has 8 nitrogen and oxygen atoms in total. The van der Waals surface area contributed by atoms with E-state index in [9.17, 15) is 14.4 Å². The molecule has 1 N–H and O–H groups in total. The van der Waals surface area contributed by atoms with Crippen LogP contribution in [-0.4, -0.2) is 71.4 Å². The van der Waals surface area contributed by atoms with E-state index < -0.39 is 0 Å². The first-order chi connectivity index (χ1) is 14.8. The van der Waals surface area contributed by atoms with Crippen molar-refractivity contribution in [2.45, 2.75) is 33.2 Å². The van der Waals surface area contributed by atoms with Crippen LogP contribution in [0.4, 0.5) is 5.13 Å². The van der Waals surface area contributed by atoms with Crippen LogP contribution in [0.25, 0.3) is 0 Å². The first-order valence-corrected chi connectivity index (χ1v) is 11.2. The predicted octanol–water partition coefficient (Wildman–Crippen LogP) is 2.34. The molecule has 0 radical (unpaired) electrons. The van der Waals surface area contributed by atoms with Gasteiger partial charge >= 0.3 is 0 Å². The van der Waals surface area contributed by atoms with Gasteiger partial charge in [-0.1, -0.05) is 17.7 Å². The Bertz CT molecular complexity index is 920. The fourth-order valence-electron chi connectivity index (χ4n) is 3.19. The van der Waals surface area contributed by atoms with Crippen LogP contribution in [0.1, 0.15) is 35.5 Å². The number of morpholine rings is 1. The standard InChI is InChI=1S/C22H28N4O4S/c1-15(2)26(21(29)17-6-4-16(3)5-7-17)13-19(27)24-22-23-18(14-31-22)12-20(28)25-8-10-30-11-9-25/h4-7,14-15H,8-13H2,1-3H3,(H,23,24,27). The summed E-state index contributed by atoms with van der Waals surface area (Å²) in [5, 5.41) is 4.93. The lowest BCUT2D eigenvalue weighted by Crippen LogP contribution is -2.42. The highest BCUT2D eigenvalue weighted by Gasteiger charge is 2.23. The molecule has 3 rings (SSSR count). The van der Waals surface area contributed by atoms with Crippen LogP contribution in [-0.2, 0) is 20.7 Å². The van der Waals surface area contributed by atoms with Crippen LogP contribution in [0.15, 0.2) is 29.6 Å². The summed E-state index contributed by atoms with van der Waals surface area (Å²) in [6, 6.07) is 7.15. The van der Waals surface area contributed by atoms with Crippen LogP contribution in [0.3, 0.4) is 0 Å². The van der Waals surface area contributed by atoms with Crippen molar-refractivity contribution in [3.63, 3.8) is 0 Å². The molecule has 9 heteroatoms. The van der Waals surface area contributed by atoms with Crippen LogP contribution >= 0.6 is 11.3 Å². The minimum Gasteiger partial charge on any atom is -0.378 e. The second kappa shape index (κ2) is 10.5. The minimum absolute atomic E-state index is 0.00107. The lowest BCUT2D eigenvalue weighted by molar-refractivity contribution is -0.134. The maximum Gasteiger partial charge on any atom is 0.254 e. The molecule has 166 valence electrons. The molecule has 1 aliphatic rings. The summed E-state index contributed by atoms with van der Waals surface area (Å²) in [5.41, 5.74) is 2.23. The van der Waals surface area contributed by atoms with Crippen molar-refractivity contribution < 1.29 is 19.1 Å². The van der Waals surface area contributed by atoms with Crippen molar-refractivity contribution in [2.24, 2.45) is 0 Å². The van der Waals surface area contributed by atoms with Gasteiger partial charge in [0.25, 0.3) is 5.91 Å². The van der Waals surface area contributed by atoms with Crippen molar-refractivity contribution in [1.82, 2.24) is 14.8 Å². The number of anilines is 1. The summed E-state index contributed by atoms with van der Waals surface area (Å²) in [6.45, 7) is 7.91. The fourth-order valence-corrected chi connectivity index (χ4v) is 3.92. The lowest BCUT2D eigenvalue weighted by atomic mass is 10.1. The van der Waals surface area contributed by atoms with Gasteiger partial charge in [0, 0.05) is 30.1 Å². The Morgan fingerprint density at radius 2 is 1.87 bits per heavy atom. The Labute approximate surface area is 186 Å². The molecule has 0 unspecified atom stereocenters. The van der Waals surface area contributed by atoms with Crippen molar-refractivity contribution in [2.75, 3.05) is 38.2 Å². The first kappa shape index (κ1) is 22.9. The van der Waals surface area contributed by atoms with E-state index in [1.54, 1.807) is 22.4 Å². The molecule has 0 spiro atoms. The predicted molar refractivity (Wildman–Crippen MR) is 119 cm³/mol. The van der Waals surface area contributed by atoms with Gasteiger partial charge in [0.05, 0.1) is 25.3 Å². The zero-order valence-corrected chi connectivity index (χ0v) is 18.9. The van der Waals surface area contributed by atoms with Crippen LogP contribution in [0, 0.1) is 6.92 Å². The number of carbonyl (C=O) groups excluding carboxylic acids is 3. The van der Waals surface area contributed by atoms with Crippen molar-refractivity contribution in [3.05, 3.63) is 46.5 Å². The number of aromatic nitrogens is 1. The largest absolute Gasteiger partial charge is 0.378 e. The van der Waals surface area contributed by atoms with E-state index in [4.69, 9.17) is 4.74 Å². The van der Waals surface area contributed by atoms with Gasteiger partial charge in [0.1, 0.15) is 6.54 Å². The smallest absolute Gasteiger partial charge is 0.254 e. The van der Waals surface area contributed by atoms with Gasteiger partial charge in [0.15, 0.2) is 5.13 Å². The zero-order chi connectivity index (χ0) is 22.4. The third kappa shape index (κ3) is 6.35. The monoisotopic (exact) mass is 444 g/mol. The molecule has 3 amide bonds. The number of aryl methyl sites for hydroxylation is 1. The lowest BCUT2D eigenvalue weighted by Gasteiger charge is -2.26. The summed E-state index contributed by atoms with van der Waals surface area (Å²) in [6.07, 6.45) is 0.191. The molecule has 1 aromatic carbocycles. The van der Waals surface area contributed by atoms with Crippen molar-refractivity contribution in [1.29, 1.82) is 0 Å². The number of nitrogens with zero attached hydrogens (tertiary/aromatic N) is 3. The Hall–Kier alpha value is -2.78. The number of hydrogen-bond acceptors (Lipinski definition) is 6. The number of amides is 3.